The van der Waals surface area contributed by atoms with E-state index >= 15 is 0 Å². The zero-order valence-corrected chi connectivity index (χ0v) is 12.5. The number of hydrogen-bond donors (Lipinski definition) is 0. The molecule has 0 radical (unpaired) electrons. The molecule has 0 aliphatic carbocycles. The summed E-state index contributed by atoms with van der Waals surface area (Å²) < 4.78 is 68.6. The summed E-state index contributed by atoms with van der Waals surface area (Å²) in [5.41, 5.74) is 0. The minimum absolute atomic E-state index is 0.392. The van der Waals surface area contributed by atoms with E-state index in [4.69, 9.17) is 5.26 Å². The Morgan fingerprint density at radius 1 is 1.19 bits per heavy atom. The van der Waals surface area contributed by atoms with Crippen molar-refractivity contribution >= 4 is 19.4 Å². The van der Waals surface area contributed by atoms with Gasteiger partial charge in [-0.05, 0) is 0 Å². The average Bonchev–Trinajstić information content (AvgIpc) is 2.42. The number of allylic oxidation sites excluding steroid dienone is 2. The van der Waals surface area contributed by atoms with Gasteiger partial charge in [-0.2, -0.15) is 0 Å². The molecule has 2 nitrogen and oxygen atoms in total. The summed E-state index contributed by atoms with van der Waals surface area (Å²) in [4.78, 5) is 0. The molecule has 0 saturated heterocycles. The quantitative estimate of drug-likeness (QED) is 0.346. The third-order valence-electron chi connectivity index (χ3n) is 2.20. The van der Waals surface area contributed by atoms with E-state index < -0.39 is 43.9 Å². The number of hydrogen-bond acceptors (Lipinski definition) is 2. The molecule has 1 aromatic carbocycles. The van der Waals surface area contributed by atoms with Gasteiger partial charge < -0.3 is 0 Å². The van der Waals surface area contributed by atoms with E-state index in [9.17, 15) is 22.0 Å². The predicted molar refractivity (Wildman–Crippen MR) is 67.1 cm³/mol. The van der Waals surface area contributed by atoms with Crippen molar-refractivity contribution in [1.82, 2.24) is 0 Å². The van der Waals surface area contributed by atoms with Crippen LogP contribution in [0.1, 0.15) is 6.92 Å². The fraction of sp³-hybridized carbons (Fsp3) is 0.308. The molecule has 1 rings (SSSR count). The van der Waals surface area contributed by atoms with E-state index in [-0.39, 0.29) is 0 Å². The van der Waals surface area contributed by atoms with Crippen molar-refractivity contribution in [2.45, 2.75) is 19.0 Å². The van der Waals surface area contributed by atoms with Gasteiger partial charge in [0.1, 0.15) is 0 Å². The molecule has 0 unspecified atom stereocenters. The molecule has 8 heteroatoms. The number of halogens is 5. The van der Waals surface area contributed by atoms with E-state index in [0.29, 0.717) is 4.46 Å². The molecule has 0 heterocycles. The van der Waals surface area contributed by atoms with Gasteiger partial charge in [0.25, 0.3) is 0 Å². The SMILES string of the molecule is CCO/C(=C(/C#N)[Se]c1ccccc1)C(F)(F)C(F)(F)F. The molecule has 0 aliphatic heterocycles. The molecule has 21 heavy (non-hydrogen) atoms. The normalized spacial score (nSPS) is 13.4. The molecule has 0 aliphatic rings. The number of alkyl halides is 5. The van der Waals surface area contributed by atoms with Crippen LogP contribution in [0.3, 0.4) is 0 Å². The summed E-state index contributed by atoms with van der Waals surface area (Å²) in [5, 5.41) is 8.94. The molecule has 114 valence electrons. The Bertz CT molecular complexity index is 548. The number of nitriles is 1. The molecule has 0 atom stereocenters. The zero-order valence-electron chi connectivity index (χ0n) is 10.7. The van der Waals surface area contributed by atoms with Crippen LogP contribution in [0.5, 0.6) is 0 Å². The number of rotatable bonds is 5. The second kappa shape index (κ2) is 6.92. The van der Waals surface area contributed by atoms with Crippen molar-refractivity contribution in [2.75, 3.05) is 6.61 Å². The summed E-state index contributed by atoms with van der Waals surface area (Å²) in [7, 11) is 0. The molecular formula is C13H10F5NOSe. The fourth-order valence-electron chi connectivity index (χ4n) is 1.30. The second-order valence-corrected chi connectivity index (χ2v) is 5.96. The topological polar surface area (TPSA) is 33.0 Å². The molecule has 0 bridgehead atoms. The molecular weight excluding hydrogens is 360 g/mol. The maximum absolute atomic E-state index is 13.5. The Labute approximate surface area is 124 Å². The summed E-state index contributed by atoms with van der Waals surface area (Å²) in [6.45, 7) is 0.883. The van der Waals surface area contributed by atoms with Crippen molar-refractivity contribution in [3.05, 3.63) is 40.6 Å². The van der Waals surface area contributed by atoms with Crippen LogP contribution in [0, 0.1) is 11.3 Å². The molecule has 0 saturated carbocycles. The van der Waals surface area contributed by atoms with Crippen LogP contribution in [0.2, 0.25) is 0 Å². The molecule has 0 N–H and O–H groups in total. The van der Waals surface area contributed by atoms with Gasteiger partial charge in [-0.15, -0.1) is 0 Å². The van der Waals surface area contributed by atoms with Crippen LogP contribution in [0.25, 0.3) is 0 Å². The second-order valence-electron chi connectivity index (χ2n) is 3.69. The van der Waals surface area contributed by atoms with Gasteiger partial charge in [0.05, 0.1) is 0 Å². The van der Waals surface area contributed by atoms with Crippen LogP contribution >= 0.6 is 0 Å². The first-order chi connectivity index (χ1) is 9.74. The Morgan fingerprint density at radius 3 is 2.19 bits per heavy atom. The predicted octanol–water partition coefficient (Wildman–Crippen LogP) is 2.99. The Balaban J connectivity index is 3.29. The third-order valence-corrected chi connectivity index (χ3v) is 4.28. The summed E-state index contributed by atoms with van der Waals surface area (Å²) >= 11 is -1.00. The first-order valence-electron chi connectivity index (χ1n) is 5.69. The Kier molecular flexibility index (Phi) is 5.76. The van der Waals surface area contributed by atoms with Crippen molar-refractivity contribution in [3.63, 3.8) is 0 Å². The molecule has 1 aromatic rings. The van der Waals surface area contributed by atoms with Gasteiger partial charge in [0, 0.05) is 0 Å². The van der Waals surface area contributed by atoms with Gasteiger partial charge in [-0.1, -0.05) is 0 Å². The van der Waals surface area contributed by atoms with E-state index in [0.717, 1.165) is 0 Å². The zero-order chi connectivity index (χ0) is 16.1. The van der Waals surface area contributed by atoms with Crippen molar-refractivity contribution in [1.29, 1.82) is 5.26 Å². The van der Waals surface area contributed by atoms with E-state index in [1.807, 2.05) is 0 Å². The monoisotopic (exact) mass is 371 g/mol. The van der Waals surface area contributed by atoms with Crippen LogP contribution in [-0.4, -0.2) is 33.7 Å². The fourth-order valence-corrected chi connectivity index (χ4v) is 3.09. The van der Waals surface area contributed by atoms with Crippen LogP contribution in [0.15, 0.2) is 40.6 Å². The molecule has 0 aromatic heterocycles. The first-order valence-corrected chi connectivity index (χ1v) is 7.40. The van der Waals surface area contributed by atoms with E-state index in [1.54, 1.807) is 30.3 Å². The first kappa shape index (κ1) is 17.5. The Morgan fingerprint density at radius 2 is 1.76 bits per heavy atom. The number of ether oxygens (including phenoxy) is 1. The molecule has 0 spiro atoms. The van der Waals surface area contributed by atoms with E-state index in [1.165, 1.54) is 13.0 Å². The average molecular weight is 370 g/mol. The van der Waals surface area contributed by atoms with Gasteiger partial charge in [-0.25, -0.2) is 0 Å². The molecule has 0 fully saturated rings. The van der Waals surface area contributed by atoms with Gasteiger partial charge in [0.15, 0.2) is 0 Å². The number of nitrogens with zero attached hydrogens (tertiary/aromatic N) is 1. The summed E-state index contributed by atoms with van der Waals surface area (Å²) in [6.07, 6.45) is -5.81. The van der Waals surface area contributed by atoms with Crippen LogP contribution < -0.4 is 4.46 Å². The van der Waals surface area contributed by atoms with Crippen molar-refractivity contribution < 1.29 is 26.7 Å². The van der Waals surface area contributed by atoms with Crippen LogP contribution in [-0.2, 0) is 4.74 Å². The van der Waals surface area contributed by atoms with Crippen molar-refractivity contribution in [2.24, 2.45) is 0 Å². The van der Waals surface area contributed by atoms with Crippen molar-refractivity contribution in [3.8, 4) is 6.07 Å². The van der Waals surface area contributed by atoms with Gasteiger partial charge in [-0.3, -0.25) is 0 Å². The van der Waals surface area contributed by atoms with Gasteiger partial charge >= 0.3 is 124 Å². The standard InChI is InChI=1S/C13H10F5NOSe/c1-2-20-11(12(14,15)13(16,17)18)10(8-19)21-9-6-4-3-5-7-9/h3-7H,2H2,1H3/b11-10-. The van der Waals surface area contributed by atoms with E-state index in [2.05, 4.69) is 4.74 Å². The third kappa shape index (κ3) is 4.19. The molecule has 0 amide bonds. The maximum atomic E-state index is 13.5. The number of benzene rings is 1. The van der Waals surface area contributed by atoms with Gasteiger partial charge in [0.2, 0.25) is 0 Å². The summed E-state index contributed by atoms with van der Waals surface area (Å²) in [5.74, 6) is -6.80. The van der Waals surface area contributed by atoms with Crippen LogP contribution in [0.4, 0.5) is 22.0 Å². The minimum atomic E-state index is -5.81. The summed E-state index contributed by atoms with van der Waals surface area (Å²) in [6, 6.07) is 9.39. The Hall–Kier alpha value is -1.58.